The van der Waals surface area contributed by atoms with Crippen LogP contribution in [0.5, 0.6) is 0 Å². The highest BCUT2D eigenvalue weighted by Gasteiger charge is 2.35. The van der Waals surface area contributed by atoms with Crippen molar-refractivity contribution in [3.05, 3.63) is 126 Å². The van der Waals surface area contributed by atoms with E-state index in [1.54, 1.807) is 48.5 Å². The predicted molar refractivity (Wildman–Crippen MR) is 149 cm³/mol. The van der Waals surface area contributed by atoms with E-state index in [1.807, 2.05) is 30.3 Å². The molecule has 0 saturated heterocycles. The molecule has 3 aromatic carbocycles. The summed E-state index contributed by atoms with van der Waals surface area (Å²) in [7, 11) is 0. The second-order valence-corrected chi connectivity index (χ2v) is 10.2. The molecule has 6 rings (SSSR count). The molecule has 0 bridgehead atoms. The van der Waals surface area contributed by atoms with Gasteiger partial charge in [0.25, 0.3) is 17.0 Å². The van der Waals surface area contributed by atoms with Crippen LogP contribution < -0.4 is 25.9 Å². The normalized spacial score (nSPS) is 14.1. The van der Waals surface area contributed by atoms with Gasteiger partial charge >= 0.3 is 0 Å². The lowest BCUT2D eigenvalue weighted by Gasteiger charge is -2.16. The number of hydrogen-bond donors (Lipinski definition) is 1. The molecule has 1 aliphatic rings. The van der Waals surface area contributed by atoms with Gasteiger partial charge in [0, 0.05) is 22.7 Å². The number of thiazole rings is 1. The van der Waals surface area contributed by atoms with Crippen molar-refractivity contribution in [3.63, 3.8) is 0 Å². The average molecular weight is 556 g/mol. The van der Waals surface area contributed by atoms with E-state index in [9.17, 15) is 19.2 Å². The van der Waals surface area contributed by atoms with E-state index in [0.29, 0.717) is 22.0 Å². The smallest absolute Gasteiger partial charge is 0.296 e. The lowest BCUT2D eigenvalue weighted by molar-refractivity contribution is -0.118. The van der Waals surface area contributed by atoms with Crippen molar-refractivity contribution >= 4 is 56.7 Å². The van der Waals surface area contributed by atoms with Crippen LogP contribution in [0.25, 0.3) is 10.5 Å². The Hall–Kier alpha value is -4.67. The third-order valence-electron chi connectivity index (χ3n) is 6.20. The molecule has 1 aliphatic heterocycles. The van der Waals surface area contributed by atoms with Crippen LogP contribution in [0.1, 0.15) is 16.8 Å². The molecule has 0 aliphatic carbocycles. The van der Waals surface area contributed by atoms with Crippen LogP contribution in [0.2, 0.25) is 5.02 Å². The number of anilines is 2. The molecule has 2 amide bonds. The first-order valence-electron chi connectivity index (χ1n) is 11.9. The van der Waals surface area contributed by atoms with Gasteiger partial charge in [-0.1, -0.05) is 77.5 Å². The minimum absolute atomic E-state index is 0.0896. The van der Waals surface area contributed by atoms with E-state index in [0.717, 1.165) is 21.4 Å². The van der Waals surface area contributed by atoms with E-state index in [4.69, 9.17) is 11.6 Å². The number of aromatic nitrogens is 3. The minimum Gasteiger partial charge on any atom is -0.324 e. The van der Waals surface area contributed by atoms with E-state index < -0.39 is 22.9 Å². The molecule has 3 heterocycles. The lowest BCUT2D eigenvalue weighted by atomic mass is 10.1. The number of rotatable bonds is 5. The van der Waals surface area contributed by atoms with Crippen LogP contribution in [0.4, 0.5) is 11.4 Å². The molecule has 0 spiro atoms. The summed E-state index contributed by atoms with van der Waals surface area (Å²) in [5, 5.41) is 7.49. The summed E-state index contributed by atoms with van der Waals surface area (Å²) in [6.07, 6.45) is 0.216. The predicted octanol–water partition coefficient (Wildman–Crippen LogP) is 2.66. The summed E-state index contributed by atoms with van der Waals surface area (Å²) in [5.74, 6) is -0.937. The highest BCUT2D eigenvalue weighted by molar-refractivity contribution is 7.15. The zero-order valence-corrected chi connectivity index (χ0v) is 21.7. The number of amides is 2. The molecular formula is C28H18ClN5O4S. The number of benzene rings is 3. The Morgan fingerprint density at radius 2 is 1.72 bits per heavy atom. The van der Waals surface area contributed by atoms with Crippen molar-refractivity contribution in [3.8, 4) is 0 Å². The molecule has 1 N–H and O–H groups in total. The number of hydrogen-bond acceptors (Lipinski definition) is 7. The fourth-order valence-electron chi connectivity index (χ4n) is 4.46. The van der Waals surface area contributed by atoms with Gasteiger partial charge in [0.1, 0.15) is 16.8 Å². The van der Waals surface area contributed by atoms with Gasteiger partial charge in [-0.3, -0.25) is 24.1 Å². The average Bonchev–Trinajstić information content (AvgIpc) is 3.37. The fraction of sp³-hybridized carbons (Fsp3) is 0.0714. The zero-order valence-electron chi connectivity index (χ0n) is 20.1. The topological polar surface area (TPSA) is 114 Å². The first-order chi connectivity index (χ1) is 18.9. The van der Waals surface area contributed by atoms with E-state index in [1.165, 1.54) is 4.90 Å². The number of halogens is 1. The number of nitrogens with one attached hydrogen (secondary N) is 1. The molecule has 39 heavy (non-hydrogen) atoms. The summed E-state index contributed by atoms with van der Waals surface area (Å²) in [6, 6.07) is 22.9. The van der Waals surface area contributed by atoms with Gasteiger partial charge in [-0.15, -0.1) is 0 Å². The molecule has 2 aromatic heterocycles. The maximum absolute atomic E-state index is 13.7. The van der Waals surface area contributed by atoms with E-state index >= 15 is 0 Å². The molecule has 5 aromatic rings. The second kappa shape index (κ2) is 9.90. The maximum Gasteiger partial charge on any atom is 0.296 e. The molecule has 0 atom stereocenters. The van der Waals surface area contributed by atoms with Gasteiger partial charge in [-0.2, -0.15) is 14.6 Å². The fourth-order valence-corrected chi connectivity index (χ4v) is 5.64. The lowest BCUT2D eigenvalue weighted by Crippen LogP contribution is -2.37. The first kappa shape index (κ1) is 24.7. The molecule has 0 saturated carbocycles. The highest BCUT2D eigenvalue weighted by atomic mass is 35.5. The van der Waals surface area contributed by atoms with Crippen LogP contribution in [0, 0.1) is 0 Å². The second-order valence-electron chi connectivity index (χ2n) is 8.80. The van der Waals surface area contributed by atoms with Crippen molar-refractivity contribution in [1.82, 2.24) is 14.6 Å². The molecule has 9 nitrogen and oxygen atoms in total. The van der Waals surface area contributed by atoms with Crippen LogP contribution in [-0.2, 0) is 16.0 Å². The Labute approximate surface area is 229 Å². The molecule has 11 heteroatoms. The number of carbonyl (C=O) groups excluding carboxylic acids is 2. The first-order valence-corrected chi connectivity index (χ1v) is 13.1. The summed E-state index contributed by atoms with van der Waals surface area (Å²) in [5.41, 5.74) is 1.53. The number of fused-ring (bicyclic) bond motifs is 2. The minimum atomic E-state index is -0.555. The molecule has 0 radical (unpaired) electrons. The van der Waals surface area contributed by atoms with Gasteiger partial charge in [0.05, 0.1) is 11.3 Å². The van der Waals surface area contributed by atoms with Gasteiger partial charge in [0.15, 0.2) is 0 Å². The Morgan fingerprint density at radius 3 is 2.51 bits per heavy atom. The van der Waals surface area contributed by atoms with E-state index in [-0.39, 0.29) is 33.7 Å². The molecule has 0 unspecified atom stereocenters. The van der Waals surface area contributed by atoms with Crippen molar-refractivity contribution in [2.45, 2.75) is 6.42 Å². The largest absolute Gasteiger partial charge is 0.324 e. The van der Waals surface area contributed by atoms with E-state index in [2.05, 4.69) is 15.4 Å². The molecular weight excluding hydrogens is 538 g/mol. The van der Waals surface area contributed by atoms with Crippen molar-refractivity contribution in [2.24, 2.45) is 0 Å². The zero-order chi connectivity index (χ0) is 27.1. The molecule has 192 valence electrons. The van der Waals surface area contributed by atoms with Crippen molar-refractivity contribution in [2.75, 3.05) is 16.8 Å². The Morgan fingerprint density at radius 1 is 0.949 bits per heavy atom. The Kier molecular flexibility index (Phi) is 6.26. The monoisotopic (exact) mass is 555 g/mol. The third kappa shape index (κ3) is 4.60. The van der Waals surface area contributed by atoms with Crippen molar-refractivity contribution in [1.29, 1.82) is 0 Å². The van der Waals surface area contributed by atoms with Gasteiger partial charge in [-0.25, -0.2) is 0 Å². The maximum atomic E-state index is 13.7. The Balaban J connectivity index is 1.41. The van der Waals surface area contributed by atoms with Crippen LogP contribution in [0.15, 0.2) is 88.5 Å². The number of nitrogens with zero attached hydrogens (tertiary/aromatic N) is 4. The summed E-state index contributed by atoms with van der Waals surface area (Å²) >= 11 is 6.92. The van der Waals surface area contributed by atoms with Gasteiger partial charge in [-0.05, 0) is 29.8 Å². The quantitative estimate of drug-likeness (QED) is 0.357. The van der Waals surface area contributed by atoms with Crippen LogP contribution in [0.3, 0.4) is 0 Å². The summed E-state index contributed by atoms with van der Waals surface area (Å²) < 4.78 is 1.17. The number of carbonyl (C=O) groups is 2. The SMILES string of the molecule is O=C(CN1C(=O)/C(=c2\sc3nc(=O)c(Cc4ccccc4)nn3c2=O)c2ccccc21)Nc1cccc(Cl)c1. The van der Waals surface area contributed by atoms with Gasteiger partial charge in [0.2, 0.25) is 10.9 Å². The number of para-hydroxylation sites is 1. The van der Waals surface area contributed by atoms with Crippen LogP contribution in [-0.4, -0.2) is 33.0 Å². The van der Waals surface area contributed by atoms with Crippen LogP contribution >= 0.6 is 22.9 Å². The molecule has 0 fully saturated rings. The third-order valence-corrected chi connectivity index (χ3v) is 7.47. The van der Waals surface area contributed by atoms with Crippen molar-refractivity contribution < 1.29 is 9.59 Å². The standard InChI is InChI=1S/C28H18ClN5O4S/c29-17-9-6-10-18(14-17)30-22(35)15-33-21-12-5-4-11-19(21)23(26(33)37)24-27(38)34-28(39-24)31-25(36)20(32-34)13-16-7-2-1-3-8-16/h1-12,14H,13,15H2,(H,30,35)/b24-23-. The summed E-state index contributed by atoms with van der Waals surface area (Å²) in [4.78, 5) is 58.1. The van der Waals surface area contributed by atoms with Gasteiger partial charge < -0.3 is 5.32 Å². The Bertz CT molecular complexity index is 1950. The summed E-state index contributed by atoms with van der Waals surface area (Å²) in [6.45, 7) is -0.277. The highest BCUT2D eigenvalue weighted by Crippen LogP contribution is 2.35.